The van der Waals surface area contributed by atoms with Crippen LogP contribution in [0.2, 0.25) is 0 Å². The molecule has 0 aliphatic heterocycles. The molecule has 34 heavy (non-hydrogen) atoms. The van der Waals surface area contributed by atoms with Crippen molar-refractivity contribution >= 4 is 70.2 Å². The Hall–Kier alpha value is -3.69. The van der Waals surface area contributed by atoms with Crippen molar-refractivity contribution in [3.63, 3.8) is 0 Å². The van der Waals surface area contributed by atoms with Gasteiger partial charge in [0, 0.05) is 10.9 Å². The van der Waals surface area contributed by atoms with Gasteiger partial charge in [0.1, 0.15) is 0 Å². The van der Waals surface area contributed by atoms with Gasteiger partial charge in [0.15, 0.2) is 16.2 Å². The molecule has 0 saturated heterocycles. The van der Waals surface area contributed by atoms with Crippen LogP contribution in [0.4, 0.5) is 5.69 Å². The minimum atomic E-state index is -0.449. The number of thiocarbonyl (C=S) groups is 1. The standard InChI is InChI=1S/C9H5N3OS2.C5H7NO2.C5H4OS.CH4N2S/c1-10-7-6(5-2-3-15-4-5)11-9(14)12-8(7)13;1-3-8-5(7)4-6-2;6-3-5-1-2-7-4-5;2-1(3)4/h2-4H,(H2,11,12,13,14);3-4H2,1H3;1-4H;(H4,2,3,4). The third-order valence-corrected chi connectivity index (χ3v) is 4.62. The van der Waals surface area contributed by atoms with E-state index in [4.69, 9.17) is 25.4 Å². The van der Waals surface area contributed by atoms with Crippen molar-refractivity contribution in [2.45, 2.75) is 6.92 Å². The highest BCUT2D eigenvalue weighted by Crippen LogP contribution is 2.26. The minimum absolute atomic E-state index is 0.000000000000000222. The lowest BCUT2D eigenvalue weighted by Crippen LogP contribution is -2.18. The zero-order valence-corrected chi connectivity index (χ0v) is 21.0. The van der Waals surface area contributed by atoms with Crippen LogP contribution < -0.4 is 17.0 Å². The third-order valence-electron chi connectivity index (χ3n) is 3.03. The first kappa shape index (κ1) is 30.3. The lowest BCUT2D eigenvalue weighted by molar-refractivity contribution is -0.140. The predicted molar refractivity (Wildman–Crippen MR) is 141 cm³/mol. The van der Waals surface area contributed by atoms with Crippen molar-refractivity contribution in [2.75, 3.05) is 13.2 Å². The quantitative estimate of drug-likeness (QED) is 0.169. The van der Waals surface area contributed by atoms with Gasteiger partial charge in [-0.1, -0.05) is 0 Å². The highest BCUT2D eigenvalue weighted by molar-refractivity contribution is 7.80. The Morgan fingerprint density at radius 3 is 2.24 bits per heavy atom. The molecular formula is C20H20N6O4S4. The Morgan fingerprint density at radius 1 is 1.21 bits per heavy atom. The number of aromatic amines is 2. The van der Waals surface area contributed by atoms with E-state index in [0.717, 1.165) is 17.4 Å². The van der Waals surface area contributed by atoms with E-state index in [1.54, 1.807) is 13.0 Å². The van der Waals surface area contributed by atoms with Crippen molar-refractivity contribution in [1.82, 2.24) is 9.97 Å². The fourth-order valence-electron chi connectivity index (χ4n) is 1.82. The first-order valence-electron chi connectivity index (χ1n) is 8.97. The molecule has 0 unspecified atom stereocenters. The molecule has 0 aromatic carbocycles. The Morgan fingerprint density at radius 2 is 1.82 bits per heavy atom. The van der Waals surface area contributed by atoms with Crippen molar-refractivity contribution in [3.05, 3.63) is 77.2 Å². The van der Waals surface area contributed by atoms with E-state index in [1.807, 2.05) is 27.6 Å². The molecule has 0 saturated carbocycles. The van der Waals surface area contributed by atoms with E-state index in [-0.39, 0.29) is 22.1 Å². The van der Waals surface area contributed by atoms with Crippen molar-refractivity contribution in [2.24, 2.45) is 11.5 Å². The predicted octanol–water partition coefficient (Wildman–Crippen LogP) is 3.93. The maximum absolute atomic E-state index is 11.4. The summed E-state index contributed by atoms with van der Waals surface area (Å²) in [6, 6.07) is 3.62. The van der Waals surface area contributed by atoms with Gasteiger partial charge in [0.05, 0.1) is 18.9 Å². The van der Waals surface area contributed by atoms with E-state index < -0.39 is 11.5 Å². The smallest absolute Gasteiger partial charge is 0.387 e. The molecule has 3 aromatic rings. The summed E-state index contributed by atoms with van der Waals surface area (Å²) in [4.78, 5) is 42.8. The van der Waals surface area contributed by atoms with Gasteiger partial charge >= 0.3 is 12.5 Å². The number of rotatable bonds is 4. The summed E-state index contributed by atoms with van der Waals surface area (Å²) in [6.07, 6.45) is 0.844. The number of ether oxygens (including phenoxy) is 1. The maximum Gasteiger partial charge on any atom is 0.387 e. The summed E-state index contributed by atoms with van der Waals surface area (Å²) in [6.45, 7) is 15.1. The fraction of sp³-hybridized carbons (Fsp3) is 0.150. The Balaban J connectivity index is 0.000000485. The number of aldehydes is 1. The van der Waals surface area contributed by atoms with E-state index >= 15 is 0 Å². The van der Waals surface area contributed by atoms with Crippen LogP contribution in [0.5, 0.6) is 0 Å². The SMILES string of the molecule is NC(N)=S.O=Cc1ccsc1.[C-]#[N+]CC(=O)OCC.[C-]#[N+]c1c(-c2ccsc2)[nH]c(=S)[nH]c1=O. The normalized spacial score (nSPS) is 8.56. The molecule has 0 fully saturated rings. The lowest BCUT2D eigenvalue weighted by atomic mass is 10.2. The summed E-state index contributed by atoms with van der Waals surface area (Å²) in [7, 11) is 0. The second-order valence-electron chi connectivity index (χ2n) is 5.45. The molecule has 0 spiro atoms. The first-order chi connectivity index (χ1) is 16.2. The summed E-state index contributed by atoms with van der Waals surface area (Å²) < 4.78 is 4.66. The summed E-state index contributed by atoms with van der Waals surface area (Å²) in [5.41, 5.74) is 10.9. The molecule has 0 aliphatic carbocycles. The summed E-state index contributed by atoms with van der Waals surface area (Å²) in [5, 5.41) is 7.42. The van der Waals surface area contributed by atoms with Gasteiger partial charge in [-0.15, -0.1) is 0 Å². The number of hydrogen-bond acceptors (Lipinski definition) is 8. The fourth-order valence-corrected chi connectivity index (χ4v) is 3.26. The molecular weight excluding hydrogens is 517 g/mol. The van der Waals surface area contributed by atoms with Crippen LogP contribution in [-0.4, -0.2) is 40.5 Å². The second kappa shape index (κ2) is 17.8. The van der Waals surface area contributed by atoms with E-state index in [0.29, 0.717) is 12.3 Å². The minimum Gasteiger partial charge on any atom is -0.460 e. The average molecular weight is 537 g/mol. The van der Waals surface area contributed by atoms with Gasteiger partial charge < -0.3 is 31.0 Å². The third kappa shape index (κ3) is 13.0. The van der Waals surface area contributed by atoms with Crippen molar-refractivity contribution in [1.29, 1.82) is 0 Å². The number of nitrogens with zero attached hydrogens (tertiary/aromatic N) is 2. The van der Waals surface area contributed by atoms with Crippen LogP contribution in [0, 0.1) is 17.9 Å². The van der Waals surface area contributed by atoms with Crippen LogP contribution in [0.15, 0.2) is 38.4 Å². The number of carbonyl (C=O) groups excluding carboxylic acids is 2. The molecule has 178 valence electrons. The highest BCUT2D eigenvalue weighted by atomic mass is 32.1. The molecule has 3 rings (SSSR count). The number of hydrogen-bond donors (Lipinski definition) is 4. The van der Waals surface area contributed by atoms with E-state index in [2.05, 4.69) is 48.1 Å². The van der Waals surface area contributed by atoms with Crippen LogP contribution in [0.3, 0.4) is 0 Å². The van der Waals surface area contributed by atoms with Crippen molar-refractivity contribution in [3.8, 4) is 11.3 Å². The van der Waals surface area contributed by atoms with E-state index in [9.17, 15) is 14.4 Å². The molecule has 3 aromatic heterocycles. The average Bonchev–Trinajstić information content (AvgIpc) is 3.48. The number of H-pyrrole nitrogens is 2. The first-order valence-corrected chi connectivity index (χ1v) is 11.7. The van der Waals surface area contributed by atoms with Crippen LogP contribution >= 0.6 is 47.1 Å². The number of carbonyl (C=O) groups is 2. The van der Waals surface area contributed by atoms with Crippen LogP contribution in [0.25, 0.3) is 20.9 Å². The topological polar surface area (TPSA) is 153 Å². The molecule has 0 amide bonds. The number of aromatic nitrogens is 2. The molecule has 6 N–H and O–H groups in total. The molecule has 14 heteroatoms. The van der Waals surface area contributed by atoms with Crippen LogP contribution in [-0.2, 0) is 9.53 Å². The number of esters is 1. The zero-order chi connectivity index (χ0) is 25.9. The van der Waals surface area contributed by atoms with Crippen LogP contribution in [0.1, 0.15) is 17.3 Å². The lowest BCUT2D eigenvalue weighted by Gasteiger charge is -2.00. The summed E-state index contributed by atoms with van der Waals surface area (Å²) >= 11 is 12.0. The van der Waals surface area contributed by atoms with Gasteiger partial charge in [0.2, 0.25) is 0 Å². The summed E-state index contributed by atoms with van der Waals surface area (Å²) in [5.74, 6) is -0.442. The van der Waals surface area contributed by atoms with E-state index in [1.165, 1.54) is 22.7 Å². The Bertz CT molecular complexity index is 1230. The van der Waals surface area contributed by atoms with Gasteiger partial charge in [-0.3, -0.25) is 9.59 Å². The largest absolute Gasteiger partial charge is 0.460 e. The molecule has 0 radical (unpaired) electrons. The maximum atomic E-state index is 11.4. The van der Waals surface area contributed by atoms with Gasteiger partial charge in [0.25, 0.3) is 11.2 Å². The number of nitrogens with one attached hydrogen (secondary N) is 2. The molecule has 0 aliphatic rings. The molecule has 0 atom stereocenters. The molecule has 10 nitrogen and oxygen atoms in total. The molecule has 3 heterocycles. The van der Waals surface area contributed by atoms with Gasteiger partial charge in [-0.25, -0.2) is 16.2 Å². The van der Waals surface area contributed by atoms with Crippen molar-refractivity contribution < 1.29 is 14.3 Å². The second-order valence-corrected chi connectivity index (χ2v) is 7.89. The van der Waals surface area contributed by atoms with Gasteiger partial charge in [-0.2, -0.15) is 22.7 Å². The Labute approximate surface area is 213 Å². The number of nitrogens with two attached hydrogens (primary N) is 2. The number of thiophene rings is 2. The zero-order valence-electron chi connectivity index (χ0n) is 17.8. The van der Waals surface area contributed by atoms with Gasteiger partial charge in [-0.05, 0) is 65.2 Å². The Kier molecular flexibility index (Phi) is 15.9. The molecule has 0 bridgehead atoms. The monoisotopic (exact) mass is 536 g/mol. The highest BCUT2D eigenvalue weighted by Gasteiger charge is 2.10.